The van der Waals surface area contributed by atoms with Crippen molar-refractivity contribution < 1.29 is 28.0 Å². The Kier molecular flexibility index (Phi) is 8.53. The average Bonchev–Trinajstić information content (AvgIpc) is 3.22. The van der Waals surface area contributed by atoms with Crippen LogP contribution in [0.1, 0.15) is 59.9 Å². The number of rotatable bonds is 7. The minimum Gasteiger partial charge on any atom is -0.366 e. The fraction of sp³-hybridized carbons (Fsp3) is 0.556. The number of nitrogens with zero attached hydrogens (tertiary/aromatic N) is 3. The Morgan fingerprint density at radius 1 is 0.974 bits per heavy atom. The largest absolute Gasteiger partial charge is 0.366 e. The molecular weight excluding hydrogens is 510 g/mol. The molecule has 4 N–H and O–H groups in total. The SMILES string of the molecule is CN[C@@H](C)C(=O)N[C@H](C(=O)N1CCN(C(=O)c2c(C(N)=O)c3cc(F)c(F)cc3n2C)CC1)C1CCCCC1. The van der Waals surface area contributed by atoms with Crippen LogP contribution < -0.4 is 16.4 Å². The predicted molar refractivity (Wildman–Crippen MR) is 141 cm³/mol. The number of piperazine rings is 1. The molecule has 1 saturated carbocycles. The number of hydrogen-bond donors (Lipinski definition) is 3. The molecule has 1 saturated heterocycles. The van der Waals surface area contributed by atoms with Crippen molar-refractivity contribution in [1.82, 2.24) is 25.0 Å². The molecule has 1 aliphatic carbocycles. The number of halogens is 2. The third-order valence-corrected chi connectivity index (χ3v) is 8.08. The Hall–Kier alpha value is -3.54. The number of primary amides is 1. The van der Waals surface area contributed by atoms with Gasteiger partial charge in [0, 0.05) is 44.7 Å². The Labute approximate surface area is 225 Å². The summed E-state index contributed by atoms with van der Waals surface area (Å²) in [5, 5.41) is 5.92. The molecule has 0 radical (unpaired) electrons. The van der Waals surface area contributed by atoms with Gasteiger partial charge in [-0.25, -0.2) is 8.78 Å². The van der Waals surface area contributed by atoms with E-state index in [0.717, 1.165) is 44.2 Å². The third-order valence-electron chi connectivity index (χ3n) is 8.08. The highest BCUT2D eigenvalue weighted by atomic mass is 19.2. The molecule has 2 fully saturated rings. The Morgan fingerprint density at radius 2 is 1.56 bits per heavy atom. The standard InChI is InChI=1S/C27H36F2N6O4/c1-15(31-2)25(37)32-22(16-7-5-4-6-8-16)26(38)34-9-11-35(12-10-34)27(39)23-21(24(30)36)17-13-18(28)19(29)14-20(17)33(23)3/h13-16,22,31H,4-12H2,1-3H3,(H2,30,36)(H,32,37)/t15-,22-/m0/s1. The van der Waals surface area contributed by atoms with Crippen LogP contribution in [-0.4, -0.2) is 83.3 Å². The lowest BCUT2D eigenvalue weighted by Gasteiger charge is -2.39. The number of carbonyl (C=O) groups is 4. The van der Waals surface area contributed by atoms with Crippen molar-refractivity contribution in [2.75, 3.05) is 33.2 Å². The van der Waals surface area contributed by atoms with Crippen LogP contribution >= 0.6 is 0 Å². The van der Waals surface area contributed by atoms with Crippen LogP contribution in [0.15, 0.2) is 12.1 Å². The molecule has 212 valence electrons. The van der Waals surface area contributed by atoms with Crippen molar-refractivity contribution in [2.45, 2.75) is 51.1 Å². The number of carbonyl (C=O) groups excluding carboxylic acids is 4. The van der Waals surface area contributed by atoms with Gasteiger partial charge in [-0.05, 0) is 38.8 Å². The van der Waals surface area contributed by atoms with E-state index in [0.29, 0.717) is 0 Å². The lowest BCUT2D eigenvalue weighted by Crippen LogP contribution is -2.59. The number of amides is 4. The van der Waals surface area contributed by atoms with Crippen LogP contribution in [0.3, 0.4) is 0 Å². The molecule has 39 heavy (non-hydrogen) atoms. The summed E-state index contributed by atoms with van der Waals surface area (Å²) in [5.41, 5.74) is 5.49. The second-order valence-corrected chi connectivity index (χ2v) is 10.4. The van der Waals surface area contributed by atoms with E-state index in [9.17, 15) is 28.0 Å². The van der Waals surface area contributed by atoms with Crippen molar-refractivity contribution in [3.63, 3.8) is 0 Å². The van der Waals surface area contributed by atoms with Crippen molar-refractivity contribution in [1.29, 1.82) is 0 Å². The lowest BCUT2D eigenvalue weighted by atomic mass is 9.83. The normalized spacial score (nSPS) is 18.2. The van der Waals surface area contributed by atoms with Crippen LogP contribution in [0.2, 0.25) is 0 Å². The van der Waals surface area contributed by atoms with Gasteiger partial charge < -0.3 is 30.7 Å². The number of nitrogens with two attached hydrogens (primary N) is 1. The zero-order valence-corrected chi connectivity index (χ0v) is 22.6. The first kappa shape index (κ1) is 28.5. The third kappa shape index (κ3) is 5.61. The summed E-state index contributed by atoms with van der Waals surface area (Å²) >= 11 is 0. The number of aryl methyl sites for hydroxylation is 1. The summed E-state index contributed by atoms with van der Waals surface area (Å²) in [5.74, 6) is -4.05. The first-order valence-corrected chi connectivity index (χ1v) is 13.4. The number of fused-ring (bicyclic) bond motifs is 1. The Balaban J connectivity index is 1.52. The molecule has 2 aliphatic rings. The highest BCUT2D eigenvalue weighted by Crippen LogP contribution is 2.30. The zero-order valence-electron chi connectivity index (χ0n) is 22.6. The van der Waals surface area contributed by atoms with Crippen LogP contribution in [0.25, 0.3) is 10.9 Å². The minimum atomic E-state index is -1.15. The molecule has 10 nitrogen and oxygen atoms in total. The highest BCUT2D eigenvalue weighted by Gasteiger charge is 2.37. The Bertz CT molecular complexity index is 1280. The van der Waals surface area contributed by atoms with Crippen LogP contribution in [-0.2, 0) is 16.6 Å². The van der Waals surface area contributed by atoms with Crippen molar-refractivity contribution in [3.8, 4) is 0 Å². The fourth-order valence-electron chi connectivity index (χ4n) is 5.66. The van der Waals surface area contributed by atoms with Gasteiger partial charge in [0.1, 0.15) is 11.7 Å². The van der Waals surface area contributed by atoms with E-state index in [2.05, 4.69) is 10.6 Å². The molecule has 0 spiro atoms. The number of nitrogens with one attached hydrogen (secondary N) is 2. The second kappa shape index (κ2) is 11.7. The molecule has 2 atom stereocenters. The summed E-state index contributed by atoms with van der Waals surface area (Å²) in [6.07, 6.45) is 4.85. The number of likely N-dealkylation sites (N-methyl/N-ethyl adjacent to an activating group) is 1. The van der Waals surface area contributed by atoms with Crippen LogP contribution in [0, 0.1) is 17.6 Å². The molecule has 0 bridgehead atoms. The molecule has 4 amide bonds. The summed E-state index contributed by atoms with van der Waals surface area (Å²) in [6, 6.07) is 0.715. The van der Waals surface area contributed by atoms with Crippen molar-refractivity contribution in [2.24, 2.45) is 18.7 Å². The predicted octanol–water partition coefficient (Wildman–Crippen LogP) is 1.51. The van der Waals surface area contributed by atoms with E-state index in [1.807, 2.05) is 0 Å². The van der Waals surface area contributed by atoms with Gasteiger partial charge in [-0.2, -0.15) is 0 Å². The molecule has 1 aromatic carbocycles. The molecular formula is C27H36F2N6O4. The summed E-state index contributed by atoms with van der Waals surface area (Å²) in [4.78, 5) is 55.3. The van der Waals surface area contributed by atoms with Gasteiger partial charge in [-0.1, -0.05) is 19.3 Å². The monoisotopic (exact) mass is 546 g/mol. The van der Waals surface area contributed by atoms with E-state index in [1.165, 1.54) is 16.5 Å². The number of hydrogen-bond acceptors (Lipinski definition) is 5. The van der Waals surface area contributed by atoms with Gasteiger partial charge in [0.25, 0.3) is 11.8 Å². The molecule has 12 heteroatoms. The van der Waals surface area contributed by atoms with E-state index < -0.39 is 35.5 Å². The molecule has 1 aliphatic heterocycles. The molecule has 0 unspecified atom stereocenters. The first-order chi connectivity index (χ1) is 18.5. The molecule has 1 aromatic heterocycles. The quantitative estimate of drug-likeness (QED) is 0.485. The first-order valence-electron chi connectivity index (χ1n) is 13.4. The maximum absolute atomic E-state index is 14.0. The lowest BCUT2D eigenvalue weighted by molar-refractivity contribution is -0.140. The van der Waals surface area contributed by atoms with Gasteiger partial charge in [-0.15, -0.1) is 0 Å². The van der Waals surface area contributed by atoms with Crippen molar-refractivity contribution >= 4 is 34.5 Å². The smallest absolute Gasteiger partial charge is 0.271 e. The van der Waals surface area contributed by atoms with Gasteiger partial charge in [-0.3, -0.25) is 19.2 Å². The maximum atomic E-state index is 14.0. The number of aromatic nitrogens is 1. The summed E-state index contributed by atoms with van der Waals surface area (Å²) in [7, 11) is 3.17. The van der Waals surface area contributed by atoms with Gasteiger partial charge >= 0.3 is 0 Å². The topological polar surface area (TPSA) is 130 Å². The number of benzene rings is 1. The minimum absolute atomic E-state index is 0.0497. The van der Waals surface area contributed by atoms with Crippen molar-refractivity contribution in [3.05, 3.63) is 35.0 Å². The summed E-state index contributed by atoms with van der Waals surface area (Å²) in [6.45, 7) is 2.59. The average molecular weight is 547 g/mol. The fourth-order valence-corrected chi connectivity index (χ4v) is 5.66. The summed E-state index contributed by atoms with van der Waals surface area (Å²) < 4.78 is 29.2. The van der Waals surface area contributed by atoms with Crippen LogP contribution in [0.5, 0.6) is 0 Å². The molecule has 2 heterocycles. The molecule has 2 aromatic rings. The van der Waals surface area contributed by atoms with E-state index in [1.54, 1.807) is 18.9 Å². The van der Waals surface area contributed by atoms with E-state index >= 15 is 0 Å². The van der Waals surface area contributed by atoms with Gasteiger partial charge in [0.2, 0.25) is 11.8 Å². The Morgan fingerprint density at radius 3 is 2.15 bits per heavy atom. The highest BCUT2D eigenvalue weighted by molar-refractivity contribution is 6.15. The van der Waals surface area contributed by atoms with E-state index in [4.69, 9.17) is 5.73 Å². The van der Waals surface area contributed by atoms with Gasteiger partial charge in [0.15, 0.2) is 11.6 Å². The van der Waals surface area contributed by atoms with Gasteiger partial charge in [0.05, 0.1) is 17.1 Å². The van der Waals surface area contributed by atoms with E-state index in [-0.39, 0.29) is 66.1 Å². The maximum Gasteiger partial charge on any atom is 0.271 e. The second-order valence-electron chi connectivity index (χ2n) is 10.4. The zero-order chi connectivity index (χ0) is 28.4. The van der Waals surface area contributed by atoms with Crippen LogP contribution in [0.4, 0.5) is 8.78 Å². The molecule has 4 rings (SSSR count).